The summed E-state index contributed by atoms with van der Waals surface area (Å²) >= 11 is 0. The highest BCUT2D eigenvalue weighted by Gasteiger charge is 2.72. The molecule has 1 saturated heterocycles. The fourth-order valence-corrected chi connectivity index (χ4v) is 11.5. The van der Waals surface area contributed by atoms with Gasteiger partial charge in [-0.25, -0.2) is 4.79 Å². The van der Waals surface area contributed by atoms with Gasteiger partial charge in [0.05, 0.1) is 26.2 Å². The zero-order chi connectivity index (χ0) is 40.7. The van der Waals surface area contributed by atoms with Gasteiger partial charge in [0.1, 0.15) is 29.3 Å². The van der Waals surface area contributed by atoms with E-state index in [1.54, 1.807) is 87.5 Å². The van der Waals surface area contributed by atoms with Crippen molar-refractivity contribution in [1.82, 2.24) is 14.9 Å². The van der Waals surface area contributed by atoms with E-state index < -0.39 is 78.6 Å². The van der Waals surface area contributed by atoms with E-state index in [0.29, 0.717) is 28.2 Å². The van der Waals surface area contributed by atoms with E-state index in [0.717, 1.165) is 10.8 Å². The molecule has 1 fully saturated rings. The number of rotatable bonds is 11. The minimum Gasteiger partial charge on any atom is -0.497 e. The Morgan fingerprint density at radius 2 is 1.42 bits per heavy atom. The predicted molar refractivity (Wildman–Crippen MR) is 203 cm³/mol. The SMILES string of the molecule is COc1ccc(C(c2ccccc2)(c2ccc(OC)cc2)C(O)[C@H]2O[C@@](CNC(=O)C(F)(F)F)(n3cc(C)c(=O)[nH]c3=O)C([SiH](C)C)[C@@]2(O)C(C)(C)C)cc1. The fourth-order valence-electron chi connectivity index (χ4n) is 8.38. The second-order valence-electron chi connectivity index (χ2n) is 15.4. The highest BCUT2D eigenvalue weighted by atomic mass is 28.3. The first-order valence-electron chi connectivity index (χ1n) is 17.8. The number of H-pyrrole nitrogens is 1. The normalized spacial score (nSPS) is 22.4. The Kier molecular flexibility index (Phi) is 11.4. The molecule has 296 valence electrons. The monoisotopic (exact) mass is 783 g/mol. The van der Waals surface area contributed by atoms with E-state index in [-0.39, 0.29) is 5.56 Å². The molecule has 3 aromatic carbocycles. The van der Waals surface area contributed by atoms with Gasteiger partial charge in [0.25, 0.3) is 5.56 Å². The average Bonchev–Trinajstić information content (AvgIpc) is 3.43. The van der Waals surface area contributed by atoms with Gasteiger partial charge in [0.15, 0.2) is 5.72 Å². The largest absolute Gasteiger partial charge is 0.497 e. The van der Waals surface area contributed by atoms with Gasteiger partial charge < -0.3 is 29.7 Å². The summed E-state index contributed by atoms with van der Waals surface area (Å²) in [7, 11) is 0.553. The van der Waals surface area contributed by atoms with E-state index >= 15 is 0 Å². The maximum absolute atomic E-state index is 13.9. The Morgan fingerprint density at radius 3 is 1.85 bits per heavy atom. The van der Waals surface area contributed by atoms with Crippen LogP contribution in [0.3, 0.4) is 0 Å². The molecule has 2 unspecified atom stereocenters. The van der Waals surface area contributed by atoms with Gasteiger partial charge in [0, 0.05) is 26.1 Å². The molecular formula is C40H48F3N3O8Si. The molecule has 2 heterocycles. The number of aromatic amines is 1. The maximum Gasteiger partial charge on any atom is 0.471 e. The van der Waals surface area contributed by atoms with Gasteiger partial charge in [-0.15, -0.1) is 0 Å². The quantitative estimate of drug-likeness (QED) is 0.127. The van der Waals surface area contributed by atoms with E-state index in [1.165, 1.54) is 21.1 Å². The molecule has 5 rings (SSSR count). The summed E-state index contributed by atoms with van der Waals surface area (Å²) in [4.78, 5) is 41.2. The van der Waals surface area contributed by atoms with Crippen LogP contribution in [-0.2, 0) is 20.7 Å². The number of hydrogen-bond acceptors (Lipinski definition) is 8. The van der Waals surface area contributed by atoms with Crippen LogP contribution in [0.4, 0.5) is 13.2 Å². The highest BCUT2D eigenvalue weighted by Crippen LogP contribution is 2.61. The number of nitrogens with zero attached hydrogens (tertiary/aromatic N) is 1. The van der Waals surface area contributed by atoms with Gasteiger partial charge in [0.2, 0.25) is 0 Å². The first-order valence-corrected chi connectivity index (χ1v) is 20.8. The molecule has 15 heteroatoms. The predicted octanol–water partition coefficient (Wildman–Crippen LogP) is 4.62. The minimum absolute atomic E-state index is 0.0206. The smallest absolute Gasteiger partial charge is 0.471 e. The molecule has 5 atom stereocenters. The molecule has 0 aliphatic carbocycles. The number of amides is 1. The fraction of sp³-hybridized carbons (Fsp3) is 0.425. The van der Waals surface area contributed by atoms with Crippen LogP contribution in [-0.4, -0.2) is 79.2 Å². The Balaban J connectivity index is 1.92. The lowest BCUT2D eigenvalue weighted by Gasteiger charge is -2.51. The van der Waals surface area contributed by atoms with Crippen LogP contribution in [0.1, 0.15) is 43.0 Å². The summed E-state index contributed by atoms with van der Waals surface area (Å²) in [6, 6.07) is 23.0. The maximum atomic E-state index is 13.9. The second-order valence-corrected chi connectivity index (χ2v) is 18.5. The Labute approximate surface area is 318 Å². The summed E-state index contributed by atoms with van der Waals surface area (Å²) in [5.74, 6) is -1.25. The molecule has 1 aliphatic rings. The van der Waals surface area contributed by atoms with Crippen LogP contribution in [0.5, 0.6) is 11.5 Å². The molecule has 0 bridgehead atoms. The number of methoxy groups -OCH3 is 2. The van der Waals surface area contributed by atoms with Crippen LogP contribution < -0.4 is 26.0 Å². The molecule has 1 amide bonds. The lowest BCUT2D eigenvalue weighted by molar-refractivity contribution is -0.187. The summed E-state index contributed by atoms with van der Waals surface area (Å²) < 4.78 is 60.3. The van der Waals surface area contributed by atoms with Crippen molar-refractivity contribution in [2.45, 2.75) is 81.5 Å². The highest BCUT2D eigenvalue weighted by molar-refractivity contribution is 6.58. The number of aryl methyl sites for hydroxylation is 1. The third-order valence-corrected chi connectivity index (χ3v) is 13.3. The number of aliphatic hydroxyl groups excluding tert-OH is 1. The van der Waals surface area contributed by atoms with E-state index in [4.69, 9.17) is 14.2 Å². The Morgan fingerprint density at radius 1 is 0.927 bits per heavy atom. The van der Waals surface area contributed by atoms with Gasteiger partial charge >= 0.3 is 17.8 Å². The standard InChI is InChI=1S/C40H48F3N3O8Si/c1-24-22-46(35(50)45-32(24)48)37(23-44-34(49)40(41,42)43)33(55(7)8)39(51,36(2,3)4)31(54-37)30(47)38(25-12-10-9-11-13-25,26-14-18-28(52-5)19-15-26)27-16-20-29(53-6)21-17-27/h9-22,30-31,33,47,51,55H,23H2,1-8H3,(H,44,49)(H,45,48,50)/t30?,31-,33?,37-,39-/m1/s1. The molecule has 0 saturated carbocycles. The van der Waals surface area contributed by atoms with Crippen molar-refractivity contribution >= 4 is 14.7 Å². The van der Waals surface area contributed by atoms with Crippen molar-refractivity contribution in [1.29, 1.82) is 0 Å². The average molecular weight is 784 g/mol. The van der Waals surface area contributed by atoms with Crippen molar-refractivity contribution in [3.8, 4) is 11.5 Å². The Hall–Kier alpha value is -4.70. The van der Waals surface area contributed by atoms with Crippen molar-refractivity contribution in [3.05, 3.63) is 128 Å². The molecule has 0 radical (unpaired) electrons. The van der Waals surface area contributed by atoms with Crippen LogP contribution in [0.25, 0.3) is 0 Å². The summed E-state index contributed by atoms with van der Waals surface area (Å²) in [6.45, 7) is 9.28. The van der Waals surface area contributed by atoms with Crippen LogP contribution in [0.2, 0.25) is 18.6 Å². The van der Waals surface area contributed by atoms with Crippen LogP contribution in [0.15, 0.2) is 94.6 Å². The number of alkyl halides is 3. The third-order valence-electron chi connectivity index (χ3n) is 10.9. The number of nitrogens with one attached hydrogen (secondary N) is 2. The van der Waals surface area contributed by atoms with E-state index in [1.807, 2.05) is 30.5 Å². The first kappa shape index (κ1) is 41.5. The molecule has 1 aliphatic heterocycles. The number of aliphatic hydroxyl groups is 2. The van der Waals surface area contributed by atoms with Gasteiger partial charge in [-0.2, -0.15) is 13.2 Å². The first-order chi connectivity index (χ1) is 25.7. The van der Waals surface area contributed by atoms with Crippen LogP contribution >= 0.6 is 0 Å². The molecule has 0 spiro atoms. The molecule has 1 aromatic heterocycles. The van der Waals surface area contributed by atoms with E-state index in [2.05, 4.69) is 4.98 Å². The Bertz CT molecular complexity index is 2050. The lowest BCUT2D eigenvalue weighted by Crippen LogP contribution is -2.63. The molecular weight excluding hydrogens is 736 g/mol. The van der Waals surface area contributed by atoms with Crippen molar-refractivity contribution in [2.24, 2.45) is 5.41 Å². The second kappa shape index (κ2) is 15.1. The van der Waals surface area contributed by atoms with Crippen molar-refractivity contribution in [3.63, 3.8) is 0 Å². The summed E-state index contributed by atoms with van der Waals surface area (Å²) in [5.41, 5.74) is -8.42. The number of halogens is 3. The summed E-state index contributed by atoms with van der Waals surface area (Å²) in [6.07, 6.45) is -7.57. The number of benzene rings is 3. The zero-order valence-corrected chi connectivity index (χ0v) is 33.2. The minimum atomic E-state index is -5.30. The molecule has 55 heavy (non-hydrogen) atoms. The summed E-state index contributed by atoms with van der Waals surface area (Å²) in [5, 5.41) is 29.0. The van der Waals surface area contributed by atoms with Gasteiger partial charge in [-0.3, -0.25) is 19.1 Å². The van der Waals surface area contributed by atoms with Crippen LogP contribution in [0, 0.1) is 12.3 Å². The molecule has 4 N–H and O–H groups in total. The number of carbonyl (C=O) groups is 1. The molecule has 4 aromatic rings. The van der Waals surface area contributed by atoms with Gasteiger partial charge in [-0.1, -0.05) is 88.5 Å². The lowest BCUT2D eigenvalue weighted by atomic mass is 9.60. The van der Waals surface area contributed by atoms with E-state index in [9.17, 15) is 37.8 Å². The zero-order valence-electron chi connectivity index (χ0n) is 32.0. The number of aromatic nitrogens is 2. The molecule has 11 nitrogen and oxygen atoms in total. The third kappa shape index (κ3) is 7.02. The number of carbonyl (C=O) groups excluding carboxylic acids is 1. The van der Waals surface area contributed by atoms with Crippen molar-refractivity contribution < 1.29 is 42.4 Å². The number of ether oxygens (including phenoxy) is 3. The topological polar surface area (TPSA) is 152 Å². The van der Waals surface area contributed by atoms with Gasteiger partial charge in [-0.05, 0) is 53.3 Å². The number of hydrogen-bond donors (Lipinski definition) is 4. The van der Waals surface area contributed by atoms with Crippen molar-refractivity contribution in [2.75, 3.05) is 20.8 Å².